The number of ether oxygens (including phenoxy) is 2. The maximum atomic E-state index is 5.86. The largest absolute Gasteiger partial charge is 0.379 e. The zero-order chi connectivity index (χ0) is 29.7. The first-order valence-electron chi connectivity index (χ1n) is 19.3. The molecule has 0 rings (SSSR count). The van der Waals surface area contributed by atoms with Crippen LogP contribution in [0.4, 0.5) is 0 Å². The van der Waals surface area contributed by atoms with Gasteiger partial charge in [-0.05, 0) is 19.8 Å². The van der Waals surface area contributed by atoms with Crippen molar-refractivity contribution in [1.29, 1.82) is 0 Å². The summed E-state index contributed by atoms with van der Waals surface area (Å²) in [6, 6.07) is 0. The fraction of sp³-hybridized carbons (Fsp3) is 0.974. The summed E-state index contributed by atoms with van der Waals surface area (Å²) in [5.74, 6) is 0. The van der Waals surface area contributed by atoms with Gasteiger partial charge in [-0.15, -0.1) is 0 Å². The highest BCUT2D eigenvalue weighted by Gasteiger charge is 2.03. The van der Waals surface area contributed by atoms with Gasteiger partial charge >= 0.3 is 0 Å². The van der Waals surface area contributed by atoms with Gasteiger partial charge in [-0.2, -0.15) is 0 Å². The lowest BCUT2D eigenvalue weighted by molar-refractivity contribution is 0.00440. The van der Waals surface area contributed by atoms with Gasteiger partial charge in [0.05, 0.1) is 12.7 Å². The van der Waals surface area contributed by atoms with Crippen molar-refractivity contribution in [2.24, 2.45) is 0 Å². The zero-order valence-electron chi connectivity index (χ0n) is 28.8. The van der Waals surface area contributed by atoms with Crippen molar-refractivity contribution < 1.29 is 9.47 Å². The third-order valence-electron chi connectivity index (χ3n) is 8.80. The van der Waals surface area contributed by atoms with Crippen molar-refractivity contribution in [2.45, 2.75) is 225 Å². The second-order valence-electron chi connectivity index (χ2n) is 13.2. The Morgan fingerprint density at radius 3 is 0.878 bits per heavy atom. The third-order valence-corrected chi connectivity index (χ3v) is 8.80. The average Bonchev–Trinajstić information content (AvgIpc) is 2.98. The van der Waals surface area contributed by atoms with E-state index in [9.17, 15) is 0 Å². The maximum Gasteiger partial charge on any atom is 0.0809 e. The lowest BCUT2D eigenvalue weighted by Crippen LogP contribution is -2.17. The van der Waals surface area contributed by atoms with Gasteiger partial charge in [0.15, 0.2) is 0 Å². The fourth-order valence-corrected chi connectivity index (χ4v) is 5.92. The van der Waals surface area contributed by atoms with Crippen LogP contribution in [0, 0.1) is 6.92 Å². The molecule has 0 unspecified atom stereocenters. The summed E-state index contributed by atoms with van der Waals surface area (Å²) in [6.45, 7) is 11.1. The second kappa shape index (κ2) is 37.9. The highest BCUT2D eigenvalue weighted by Crippen LogP contribution is 2.15. The van der Waals surface area contributed by atoms with E-state index in [1.807, 2.05) is 0 Å². The smallest absolute Gasteiger partial charge is 0.0809 e. The Morgan fingerprint density at radius 2 is 0.585 bits per heavy atom. The molecule has 0 amide bonds. The number of unbranched alkanes of at least 4 members (excludes halogenated alkanes) is 30. The molecule has 0 aromatic rings. The Labute approximate surface area is 261 Å². The summed E-state index contributed by atoms with van der Waals surface area (Å²) >= 11 is 0. The minimum Gasteiger partial charge on any atom is -0.379 e. The fourth-order valence-electron chi connectivity index (χ4n) is 5.92. The molecule has 41 heavy (non-hydrogen) atoms. The van der Waals surface area contributed by atoms with E-state index in [-0.39, 0.29) is 6.10 Å². The van der Waals surface area contributed by atoms with Crippen molar-refractivity contribution in [1.82, 2.24) is 0 Å². The molecule has 0 heterocycles. The van der Waals surface area contributed by atoms with Crippen LogP contribution in [0.25, 0.3) is 0 Å². The summed E-state index contributed by atoms with van der Waals surface area (Å²) in [7, 11) is 0. The molecule has 2 nitrogen and oxygen atoms in total. The van der Waals surface area contributed by atoms with Crippen molar-refractivity contribution >= 4 is 0 Å². The predicted octanol–water partition coefficient (Wildman–Crippen LogP) is 13.7. The van der Waals surface area contributed by atoms with E-state index in [1.54, 1.807) is 0 Å². The third kappa shape index (κ3) is 37.9. The summed E-state index contributed by atoms with van der Waals surface area (Å²) in [6.07, 6.45) is 45.1. The second-order valence-corrected chi connectivity index (χ2v) is 13.2. The van der Waals surface area contributed by atoms with E-state index >= 15 is 0 Å². The first kappa shape index (κ1) is 40.9. The van der Waals surface area contributed by atoms with E-state index < -0.39 is 0 Å². The monoisotopic (exact) mass is 580 g/mol. The van der Waals surface area contributed by atoms with E-state index in [2.05, 4.69) is 20.8 Å². The SMILES string of the molecule is [CH2][C@H](COCCCCCCCCCCCCCCCCCC)OCCCCCCCCCCCCCCCCCC. The molecule has 0 bridgehead atoms. The first-order chi connectivity index (χ1) is 20.3. The van der Waals surface area contributed by atoms with Crippen LogP contribution in [0.15, 0.2) is 0 Å². The topological polar surface area (TPSA) is 18.5 Å². The van der Waals surface area contributed by atoms with Gasteiger partial charge in [-0.3, -0.25) is 0 Å². The highest BCUT2D eigenvalue weighted by atomic mass is 16.5. The van der Waals surface area contributed by atoms with Crippen LogP contribution >= 0.6 is 0 Å². The van der Waals surface area contributed by atoms with Crippen molar-refractivity contribution in [2.75, 3.05) is 19.8 Å². The summed E-state index contributed by atoms with van der Waals surface area (Å²) in [5.41, 5.74) is 0. The van der Waals surface area contributed by atoms with Crippen molar-refractivity contribution in [3.05, 3.63) is 6.92 Å². The van der Waals surface area contributed by atoms with Crippen molar-refractivity contribution in [3.8, 4) is 0 Å². The Kier molecular flexibility index (Phi) is 37.9. The Morgan fingerprint density at radius 1 is 0.341 bits per heavy atom. The molecule has 1 radical (unpaired) electrons. The molecule has 247 valence electrons. The minimum atomic E-state index is -0.00704. The van der Waals surface area contributed by atoms with Crippen LogP contribution in [0.2, 0.25) is 0 Å². The minimum absolute atomic E-state index is 0.00704. The molecule has 0 N–H and O–H groups in total. The molecule has 0 aromatic heterocycles. The Bertz CT molecular complexity index is 437. The van der Waals surface area contributed by atoms with Gasteiger partial charge in [-0.25, -0.2) is 0 Å². The van der Waals surface area contributed by atoms with Crippen LogP contribution < -0.4 is 0 Å². The van der Waals surface area contributed by atoms with Crippen LogP contribution in [-0.2, 0) is 9.47 Å². The standard InChI is InChI=1S/C39H79O2/c1-4-6-8-10-12-14-16-18-20-22-24-26-28-30-32-34-36-40-38-39(3)41-37-35-33-31-29-27-25-23-21-19-17-15-13-11-9-7-5-2/h39H,3-38H2,1-2H3/t39-/m1/s1. The highest BCUT2D eigenvalue weighted by molar-refractivity contribution is 4.59. The van der Waals surface area contributed by atoms with Crippen molar-refractivity contribution in [3.63, 3.8) is 0 Å². The summed E-state index contributed by atoms with van der Waals surface area (Å²) in [5, 5.41) is 0. The van der Waals surface area contributed by atoms with Gasteiger partial charge in [0, 0.05) is 13.2 Å². The zero-order valence-corrected chi connectivity index (χ0v) is 28.8. The van der Waals surface area contributed by atoms with Crippen LogP contribution in [0.3, 0.4) is 0 Å². The molecular weight excluding hydrogens is 500 g/mol. The van der Waals surface area contributed by atoms with Gasteiger partial charge in [0.1, 0.15) is 0 Å². The summed E-state index contributed by atoms with van der Waals surface area (Å²) in [4.78, 5) is 0. The van der Waals surface area contributed by atoms with E-state index in [4.69, 9.17) is 9.47 Å². The maximum absolute atomic E-state index is 5.86. The Hall–Kier alpha value is -0.0800. The molecule has 0 spiro atoms. The van der Waals surface area contributed by atoms with Gasteiger partial charge < -0.3 is 9.47 Å². The molecule has 0 aromatic carbocycles. The molecule has 0 saturated heterocycles. The number of hydrogen-bond donors (Lipinski definition) is 0. The molecule has 0 aliphatic rings. The molecule has 0 aliphatic carbocycles. The first-order valence-corrected chi connectivity index (χ1v) is 19.3. The van der Waals surface area contributed by atoms with Gasteiger partial charge in [0.2, 0.25) is 0 Å². The lowest BCUT2D eigenvalue weighted by Gasteiger charge is -2.13. The van der Waals surface area contributed by atoms with E-state index in [0.29, 0.717) is 6.61 Å². The van der Waals surface area contributed by atoms with E-state index in [1.165, 1.54) is 205 Å². The van der Waals surface area contributed by atoms with Gasteiger partial charge in [-0.1, -0.05) is 206 Å². The van der Waals surface area contributed by atoms with Gasteiger partial charge in [0.25, 0.3) is 0 Å². The number of rotatable bonds is 37. The number of hydrogen-bond acceptors (Lipinski definition) is 2. The molecule has 0 aliphatic heterocycles. The molecule has 0 saturated carbocycles. The average molecular weight is 580 g/mol. The van der Waals surface area contributed by atoms with Crippen LogP contribution in [0.5, 0.6) is 0 Å². The van der Waals surface area contributed by atoms with E-state index in [0.717, 1.165) is 13.2 Å². The normalized spacial score (nSPS) is 12.4. The van der Waals surface area contributed by atoms with Crippen LogP contribution in [-0.4, -0.2) is 25.9 Å². The molecular formula is C39H79O2. The molecule has 1 atom stereocenters. The quantitative estimate of drug-likeness (QED) is 0.0681. The Balaban J connectivity index is 3.13. The lowest BCUT2D eigenvalue weighted by atomic mass is 10.0. The molecule has 2 heteroatoms. The molecule has 0 fully saturated rings. The summed E-state index contributed by atoms with van der Waals surface area (Å²) < 4.78 is 11.7. The predicted molar refractivity (Wildman–Crippen MR) is 185 cm³/mol. The van der Waals surface area contributed by atoms with Crippen LogP contribution in [0.1, 0.15) is 219 Å².